The fraction of sp³-hybridized carbons (Fsp3) is 0.500. The first kappa shape index (κ1) is 26.4. The molecule has 0 N–H and O–H groups in total. The number of benzene rings is 1. The first-order chi connectivity index (χ1) is 17.7. The van der Waals surface area contributed by atoms with Crippen LogP contribution in [0.25, 0.3) is 11.0 Å². The molecule has 0 unspecified atom stereocenters. The molecule has 0 radical (unpaired) electrons. The van der Waals surface area contributed by atoms with Gasteiger partial charge in [0.2, 0.25) is 0 Å². The van der Waals surface area contributed by atoms with Crippen molar-refractivity contribution in [2.45, 2.75) is 58.3 Å². The summed E-state index contributed by atoms with van der Waals surface area (Å²) in [5, 5.41) is 13.8. The molecule has 9 nitrogen and oxygen atoms in total. The van der Waals surface area contributed by atoms with E-state index in [1.54, 1.807) is 47.6 Å². The minimum atomic E-state index is -0.0786. The maximum atomic E-state index is 12.9. The zero-order valence-electron chi connectivity index (χ0n) is 22.7. The van der Waals surface area contributed by atoms with Gasteiger partial charge in [0, 0.05) is 64.0 Å². The SMILES string of the molecule is CC[C@H]1CN([C@@H](C)c2ccc(C(=O)N(C)C)cc2)[C@H](CC)CN1c1cc(=O)n(C)c2cn(CC#N)nc12. The highest BCUT2D eigenvalue weighted by molar-refractivity contribution is 5.93. The fourth-order valence-electron chi connectivity index (χ4n) is 5.42. The summed E-state index contributed by atoms with van der Waals surface area (Å²) in [5.74, 6) is 0.00262. The van der Waals surface area contributed by atoms with Crippen molar-refractivity contribution in [1.82, 2.24) is 24.1 Å². The number of piperazine rings is 1. The van der Waals surface area contributed by atoms with Gasteiger partial charge in [-0.25, -0.2) is 0 Å². The van der Waals surface area contributed by atoms with E-state index in [1.165, 1.54) is 5.56 Å². The average molecular weight is 504 g/mol. The molecule has 9 heteroatoms. The molecule has 1 saturated heterocycles. The Morgan fingerprint density at radius 3 is 2.43 bits per heavy atom. The third kappa shape index (κ3) is 4.98. The van der Waals surface area contributed by atoms with E-state index < -0.39 is 0 Å². The van der Waals surface area contributed by atoms with E-state index in [0.29, 0.717) is 5.56 Å². The molecule has 1 aliphatic rings. The van der Waals surface area contributed by atoms with E-state index in [2.05, 4.69) is 53.9 Å². The molecule has 2 aromatic heterocycles. The number of carbonyl (C=O) groups excluding carboxylic acids is 1. The number of pyridine rings is 1. The van der Waals surface area contributed by atoms with E-state index >= 15 is 0 Å². The Morgan fingerprint density at radius 1 is 1.16 bits per heavy atom. The highest BCUT2D eigenvalue weighted by Crippen LogP contribution is 2.34. The zero-order chi connectivity index (χ0) is 26.9. The molecule has 0 aliphatic carbocycles. The van der Waals surface area contributed by atoms with E-state index in [9.17, 15) is 9.59 Å². The van der Waals surface area contributed by atoms with Crippen LogP contribution in [0.2, 0.25) is 0 Å². The van der Waals surface area contributed by atoms with Crippen LogP contribution in [0.3, 0.4) is 0 Å². The van der Waals surface area contributed by atoms with Gasteiger partial charge in [-0.2, -0.15) is 10.4 Å². The molecule has 3 atom stereocenters. The highest BCUT2D eigenvalue weighted by Gasteiger charge is 2.36. The summed E-state index contributed by atoms with van der Waals surface area (Å²) < 4.78 is 3.20. The summed E-state index contributed by atoms with van der Waals surface area (Å²) in [6, 6.07) is 12.5. The molecule has 1 amide bonds. The smallest absolute Gasteiger partial charge is 0.253 e. The molecule has 3 heterocycles. The summed E-state index contributed by atoms with van der Waals surface area (Å²) in [6.45, 7) is 8.39. The number of carbonyl (C=O) groups is 1. The molecule has 0 bridgehead atoms. The lowest BCUT2D eigenvalue weighted by atomic mass is 9.96. The summed E-state index contributed by atoms with van der Waals surface area (Å²) >= 11 is 0. The highest BCUT2D eigenvalue weighted by atomic mass is 16.2. The molecule has 4 rings (SSSR count). The van der Waals surface area contributed by atoms with Gasteiger partial charge in [-0.15, -0.1) is 0 Å². The van der Waals surface area contributed by atoms with Crippen LogP contribution in [-0.2, 0) is 13.6 Å². The maximum absolute atomic E-state index is 12.9. The monoisotopic (exact) mass is 503 g/mol. The molecule has 1 aromatic carbocycles. The van der Waals surface area contributed by atoms with Gasteiger partial charge in [0.05, 0.1) is 23.5 Å². The number of anilines is 1. The van der Waals surface area contributed by atoms with Gasteiger partial charge in [0.15, 0.2) is 0 Å². The second kappa shape index (κ2) is 10.8. The Labute approximate surface area is 218 Å². The summed E-state index contributed by atoms with van der Waals surface area (Å²) in [7, 11) is 5.27. The number of aryl methyl sites for hydroxylation is 1. The predicted octanol–water partition coefficient (Wildman–Crippen LogP) is 3.40. The van der Waals surface area contributed by atoms with Crippen LogP contribution in [0.4, 0.5) is 5.69 Å². The van der Waals surface area contributed by atoms with E-state index in [0.717, 1.165) is 42.7 Å². The Morgan fingerprint density at radius 2 is 1.84 bits per heavy atom. The molecule has 1 fully saturated rings. The summed E-state index contributed by atoms with van der Waals surface area (Å²) in [5.41, 5.74) is 4.14. The first-order valence-corrected chi connectivity index (χ1v) is 13.0. The van der Waals surface area contributed by atoms with Crippen LogP contribution in [-0.4, -0.2) is 69.3 Å². The normalized spacial score (nSPS) is 19.1. The number of rotatable bonds is 7. The lowest BCUT2D eigenvalue weighted by Gasteiger charge is -2.49. The van der Waals surface area contributed by atoms with Gasteiger partial charge >= 0.3 is 0 Å². The van der Waals surface area contributed by atoms with Crippen LogP contribution >= 0.6 is 0 Å². The van der Waals surface area contributed by atoms with Crippen molar-refractivity contribution in [1.29, 1.82) is 5.26 Å². The minimum absolute atomic E-state index is 0.00262. The molecule has 0 saturated carbocycles. The maximum Gasteiger partial charge on any atom is 0.253 e. The summed E-state index contributed by atoms with van der Waals surface area (Å²) in [4.78, 5) is 31.7. The van der Waals surface area contributed by atoms with Crippen LogP contribution in [0, 0.1) is 11.3 Å². The van der Waals surface area contributed by atoms with Gasteiger partial charge in [0.1, 0.15) is 12.1 Å². The average Bonchev–Trinajstić information content (AvgIpc) is 3.33. The van der Waals surface area contributed by atoms with E-state index in [4.69, 9.17) is 5.26 Å². The molecule has 1 aliphatic heterocycles. The fourth-order valence-corrected chi connectivity index (χ4v) is 5.42. The van der Waals surface area contributed by atoms with Crippen molar-refractivity contribution >= 4 is 22.6 Å². The van der Waals surface area contributed by atoms with Crippen molar-refractivity contribution in [3.63, 3.8) is 0 Å². The van der Waals surface area contributed by atoms with Crippen molar-refractivity contribution in [3.05, 3.63) is 58.0 Å². The lowest BCUT2D eigenvalue weighted by molar-refractivity contribution is 0.0827. The van der Waals surface area contributed by atoms with Crippen molar-refractivity contribution in [2.75, 3.05) is 32.1 Å². The number of hydrogen-bond donors (Lipinski definition) is 0. The Balaban J connectivity index is 1.66. The number of nitrogens with zero attached hydrogens (tertiary/aromatic N) is 7. The number of amides is 1. The molecule has 3 aromatic rings. The topological polar surface area (TPSA) is 90.4 Å². The standard InChI is InChI=1S/C28H37N7O2/c1-7-22-17-35(24-15-26(36)32(6)25-18-33(14-13-29)30-27(24)25)23(8-2)16-34(22)19(3)20-9-11-21(12-10-20)28(37)31(4)5/h9-12,15,18-19,22-23H,7-8,14,16-17H2,1-6H3/t19-,22+,23-/m0/s1. The number of hydrogen-bond acceptors (Lipinski definition) is 6. The van der Waals surface area contributed by atoms with Crippen molar-refractivity contribution in [3.8, 4) is 6.07 Å². The molecular formula is C28H37N7O2. The van der Waals surface area contributed by atoms with Gasteiger partial charge in [-0.1, -0.05) is 26.0 Å². The largest absolute Gasteiger partial charge is 0.364 e. The number of fused-ring (bicyclic) bond motifs is 1. The zero-order valence-corrected chi connectivity index (χ0v) is 22.7. The Hall–Kier alpha value is -3.64. The molecular weight excluding hydrogens is 466 g/mol. The Bertz CT molecular complexity index is 1370. The minimum Gasteiger partial charge on any atom is -0.364 e. The lowest BCUT2D eigenvalue weighted by Crippen LogP contribution is -2.58. The van der Waals surface area contributed by atoms with Crippen LogP contribution in [0.15, 0.2) is 41.3 Å². The van der Waals surface area contributed by atoms with Gasteiger partial charge < -0.3 is 14.4 Å². The molecule has 0 spiro atoms. The van der Waals surface area contributed by atoms with Crippen LogP contribution < -0.4 is 10.5 Å². The Kier molecular flexibility index (Phi) is 7.69. The molecule has 196 valence electrons. The van der Waals surface area contributed by atoms with Crippen LogP contribution in [0.5, 0.6) is 0 Å². The van der Waals surface area contributed by atoms with Gasteiger partial charge in [-0.3, -0.25) is 19.2 Å². The van der Waals surface area contributed by atoms with Crippen molar-refractivity contribution in [2.24, 2.45) is 7.05 Å². The number of aromatic nitrogens is 3. The van der Waals surface area contributed by atoms with E-state index in [1.807, 2.05) is 12.1 Å². The second-order valence-corrected chi connectivity index (χ2v) is 10.1. The quantitative estimate of drug-likeness (QED) is 0.491. The molecule has 37 heavy (non-hydrogen) atoms. The van der Waals surface area contributed by atoms with E-state index in [-0.39, 0.29) is 36.1 Å². The summed E-state index contributed by atoms with van der Waals surface area (Å²) in [6.07, 6.45) is 3.67. The van der Waals surface area contributed by atoms with Crippen molar-refractivity contribution < 1.29 is 4.79 Å². The number of nitriles is 1. The second-order valence-electron chi connectivity index (χ2n) is 10.1. The van der Waals surface area contributed by atoms with Gasteiger partial charge in [-0.05, 0) is 37.5 Å². The van der Waals surface area contributed by atoms with Gasteiger partial charge in [0.25, 0.3) is 11.5 Å². The first-order valence-electron chi connectivity index (χ1n) is 13.0. The van der Waals surface area contributed by atoms with Crippen LogP contribution in [0.1, 0.15) is 55.6 Å². The third-order valence-corrected chi connectivity index (χ3v) is 7.70. The predicted molar refractivity (Wildman–Crippen MR) is 146 cm³/mol. The third-order valence-electron chi connectivity index (χ3n) is 7.70.